The van der Waals surface area contributed by atoms with Crippen LogP contribution in [0, 0.1) is 22.7 Å². The van der Waals surface area contributed by atoms with Crippen LogP contribution in [0.15, 0.2) is 30.3 Å². The Kier molecular flexibility index (Phi) is 9.42. The zero-order chi connectivity index (χ0) is 28.3. The van der Waals surface area contributed by atoms with Crippen LogP contribution in [0.25, 0.3) is 0 Å². The Morgan fingerprint density at radius 3 is 2.36 bits per heavy atom. The molecule has 3 aliphatic rings. The van der Waals surface area contributed by atoms with Crippen molar-refractivity contribution in [3.05, 3.63) is 35.9 Å². The maximum absolute atomic E-state index is 14.4. The highest BCUT2D eigenvalue weighted by Gasteiger charge is 2.45. The van der Waals surface area contributed by atoms with Crippen molar-refractivity contribution in [2.45, 2.75) is 96.3 Å². The number of fused-ring (bicyclic) bond motifs is 2. The molecule has 3 saturated heterocycles. The van der Waals surface area contributed by atoms with Crippen LogP contribution >= 0.6 is 0 Å². The summed E-state index contributed by atoms with van der Waals surface area (Å²) in [5, 5.41) is 20.1. The molecule has 1 aromatic rings. The van der Waals surface area contributed by atoms with Gasteiger partial charge in [-0.2, -0.15) is 0 Å². The lowest BCUT2D eigenvalue weighted by molar-refractivity contribution is -0.137. The normalized spacial score (nSPS) is 27.8. The highest BCUT2D eigenvalue weighted by Crippen LogP contribution is 2.39. The number of likely N-dealkylation sites (tertiary alicyclic amines) is 1. The molecule has 39 heavy (non-hydrogen) atoms. The minimum Gasteiger partial charge on any atom is -0.349 e. The fraction of sp³-hybridized carbons (Fsp3) is 0.700. The zero-order valence-corrected chi connectivity index (χ0v) is 23.9. The van der Waals surface area contributed by atoms with Gasteiger partial charge in [-0.25, -0.2) is 8.78 Å². The van der Waals surface area contributed by atoms with E-state index in [0.29, 0.717) is 43.3 Å². The summed E-state index contributed by atoms with van der Waals surface area (Å²) in [4.78, 5) is 19.5. The molecule has 3 fully saturated rings. The molecule has 0 saturated carbocycles. The molecule has 5 atom stereocenters. The van der Waals surface area contributed by atoms with Crippen molar-refractivity contribution in [3.63, 3.8) is 0 Å². The van der Waals surface area contributed by atoms with E-state index in [4.69, 9.17) is 10.8 Å². The van der Waals surface area contributed by atoms with Gasteiger partial charge >= 0.3 is 0 Å². The largest absolute Gasteiger partial charge is 0.349 e. The monoisotopic (exact) mass is 544 g/mol. The number of nitrogens with zero attached hydrogens (tertiary/aromatic N) is 3. The van der Waals surface area contributed by atoms with Crippen LogP contribution in [-0.2, 0) is 4.79 Å². The number of halogens is 2. The molecule has 1 aromatic carbocycles. The summed E-state index contributed by atoms with van der Waals surface area (Å²) < 4.78 is 28.7. The first-order valence-corrected chi connectivity index (χ1v) is 14.6. The highest BCUT2D eigenvalue weighted by atomic mass is 19.3. The molecule has 3 aliphatic heterocycles. The predicted octanol–water partition coefficient (Wildman–Crippen LogP) is 5.14. The average Bonchev–Trinajstić information content (AvgIpc) is 3.12. The van der Waals surface area contributed by atoms with Gasteiger partial charge in [-0.05, 0) is 51.1 Å². The first kappa shape index (κ1) is 29.6. The van der Waals surface area contributed by atoms with Gasteiger partial charge in [0.2, 0.25) is 5.91 Å². The molecular formula is C30H46F2N6O. The van der Waals surface area contributed by atoms with Gasteiger partial charge in [0.25, 0.3) is 5.92 Å². The van der Waals surface area contributed by atoms with Gasteiger partial charge in [0.1, 0.15) is 5.84 Å². The Hall–Kier alpha value is -2.39. The van der Waals surface area contributed by atoms with E-state index in [2.05, 4.69) is 10.2 Å². The number of hydrogen-bond donors (Lipinski definition) is 3. The maximum atomic E-state index is 14.4. The zero-order valence-electron chi connectivity index (χ0n) is 23.9. The van der Waals surface area contributed by atoms with E-state index >= 15 is 0 Å². The number of carbonyl (C=O) groups is 1. The lowest BCUT2D eigenvalue weighted by Crippen LogP contribution is -2.54. The van der Waals surface area contributed by atoms with Gasteiger partial charge < -0.3 is 10.2 Å². The van der Waals surface area contributed by atoms with Gasteiger partial charge in [-0.3, -0.25) is 25.4 Å². The van der Waals surface area contributed by atoms with E-state index in [1.165, 1.54) is 0 Å². The quantitative estimate of drug-likeness (QED) is 0.297. The first-order valence-electron chi connectivity index (χ1n) is 14.6. The number of amides is 1. The summed E-state index contributed by atoms with van der Waals surface area (Å²) in [6.07, 6.45) is 4.37. The van der Waals surface area contributed by atoms with E-state index in [-0.39, 0.29) is 30.5 Å². The van der Waals surface area contributed by atoms with E-state index in [0.717, 1.165) is 37.8 Å². The molecule has 7 nitrogen and oxygen atoms in total. The van der Waals surface area contributed by atoms with E-state index in [1.54, 1.807) is 11.8 Å². The second kappa shape index (κ2) is 12.4. The van der Waals surface area contributed by atoms with Crippen molar-refractivity contribution in [3.8, 4) is 0 Å². The molecule has 0 radical (unpaired) electrons. The summed E-state index contributed by atoms with van der Waals surface area (Å²) in [6, 6.07) is 10.6. The van der Waals surface area contributed by atoms with Crippen LogP contribution in [0.1, 0.15) is 77.8 Å². The van der Waals surface area contributed by atoms with Gasteiger partial charge in [0.15, 0.2) is 0 Å². The number of amidine groups is 2. The summed E-state index contributed by atoms with van der Waals surface area (Å²) in [6.45, 7) is 9.06. The summed E-state index contributed by atoms with van der Waals surface area (Å²) in [5.41, 5.74) is 0.999. The molecule has 3 heterocycles. The van der Waals surface area contributed by atoms with Crippen molar-refractivity contribution in [1.29, 1.82) is 10.8 Å². The third-order valence-corrected chi connectivity index (χ3v) is 8.88. The summed E-state index contributed by atoms with van der Waals surface area (Å²) in [5.74, 6) is -2.83. The number of carbonyl (C=O) groups excluding carboxylic acids is 1. The number of nitrogens with one attached hydrogen (secondary N) is 3. The lowest BCUT2D eigenvalue weighted by Gasteiger charge is -2.44. The number of benzene rings is 1. The van der Waals surface area contributed by atoms with E-state index < -0.39 is 18.3 Å². The minimum absolute atomic E-state index is 0.0738. The van der Waals surface area contributed by atoms with Gasteiger partial charge in [0, 0.05) is 43.6 Å². The molecule has 0 aliphatic carbocycles. The van der Waals surface area contributed by atoms with Crippen molar-refractivity contribution in [2.75, 3.05) is 26.2 Å². The van der Waals surface area contributed by atoms with Crippen LogP contribution in [0.3, 0.4) is 0 Å². The SMILES string of the molecule is CCN1CC(C(=O)N[C@@H](CCN2C3CC[C@H]2CC(N(C(C)=N)C(=N)C(C)C)C3)c2ccccc2)CC(F)(F)C1. The van der Waals surface area contributed by atoms with Crippen molar-refractivity contribution in [2.24, 2.45) is 11.8 Å². The van der Waals surface area contributed by atoms with Crippen LogP contribution in [0.4, 0.5) is 8.78 Å². The number of hydrogen-bond acceptors (Lipinski definition) is 5. The summed E-state index contributed by atoms with van der Waals surface area (Å²) >= 11 is 0. The average molecular weight is 545 g/mol. The molecule has 1 amide bonds. The molecule has 3 unspecified atom stereocenters. The standard InChI is InChI=1S/C30H46F2N6O/c1-5-36-18-23(17-30(31,32)19-36)29(39)35-27(22-9-7-6-8-10-22)13-14-37-24-11-12-25(37)16-26(15-24)38(21(4)33)28(34)20(2)3/h6-10,20,23-27,33-34H,5,11-19H2,1-4H3,(H,35,39)/t23?,24-,25?,26?,27-/m0/s1. The Morgan fingerprint density at radius 1 is 1.15 bits per heavy atom. The first-order chi connectivity index (χ1) is 18.5. The predicted molar refractivity (Wildman–Crippen MR) is 151 cm³/mol. The molecule has 216 valence electrons. The van der Waals surface area contributed by atoms with Crippen LogP contribution in [-0.4, -0.2) is 82.5 Å². The van der Waals surface area contributed by atoms with Crippen LogP contribution in [0.5, 0.6) is 0 Å². The molecule has 9 heteroatoms. The Labute approximate surface area is 232 Å². The van der Waals surface area contributed by atoms with Crippen LogP contribution < -0.4 is 5.32 Å². The van der Waals surface area contributed by atoms with E-state index in [9.17, 15) is 13.6 Å². The second-order valence-corrected chi connectivity index (χ2v) is 12.1. The number of alkyl halides is 2. The second-order valence-electron chi connectivity index (χ2n) is 12.1. The molecule has 0 spiro atoms. The molecule has 0 aromatic heterocycles. The maximum Gasteiger partial charge on any atom is 0.261 e. The smallest absolute Gasteiger partial charge is 0.261 e. The minimum atomic E-state index is -2.85. The number of rotatable bonds is 9. The van der Waals surface area contributed by atoms with Crippen molar-refractivity contribution >= 4 is 17.6 Å². The molecular weight excluding hydrogens is 498 g/mol. The summed E-state index contributed by atoms with van der Waals surface area (Å²) in [7, 11) is 0. The third kappa shape index (κ3) is 7.04. The Morgan fingerprint density at radius 2 is 1.79 bits per heavy atom. The molecule has 2 bridgehead atoms. The fourth-order valence-electron chi connectivity index (χ4n) is 6.94. The van der Waals surface area contributed by atoms with Crippen molar-refractivity contribution in [1.82, 2.24) is 20.0 Å². The van der Waals surface area contributed by atoms with Crippen molar-refractivity contribution < 1.29 is 13.6 Å². The highest BCUT2D eigenvalue weighted by molar-refractivity contribution is 5.98. The van der Waals surface area contributed by atoms with Gasteiger partial charge in [-0.15, -0.1) is 0 Å². The third-order valence-electron chi connectivity index (χ3n) is 8.88. The molecule has 4 rings (SSSR count). The Balaban J connectivity index is 1.43. The molecule has 3 N–H and O–H groups in total. The Bertz CT molecular complexity index is 1000. The van der Waals surface area contributed by atoms with Gasteiger partial charge in [-0.1, -0.05) is 51.1 Å². The van der Waals surface area contributed by atoms with E-state index in [1.807, 2.05) is 56.0 Å². The lowest BCUT2D eigenvalue weighted by atomic mass is 9.92. The number of piperidine rings is 2. The fourth-order valence-corrected chi connectivity index (χ4v) is 6.94. The van der Waals surface area contributed by atoms with Crippen LogP contribution in [0.2, 0.25) is 0 Å². The topological polar surface area (TPSA) is 86.5 Å². The van der Waals surface area contributed by atoms with Gasteiger partial charge in [0.05, 0.1) is 24.3 Å².